The summed E-state index contributed by atoms with van der Waals surface area (Å²) in [5, 5.41) is 8.01. The number of sulfone groups is 1. The van der Waals surface area contributed by atoms with Gasteiger partial charge in [0.05, 0.1) is 16.6 Å². The van der Waals surface area contributed by atoms with E-state index in [0.717, 1.165) is 34.0 Å². The van der Waals surface area contributed by atoms with Crippen LogP contribution in [0.25, 0.3) is 22.6 Å². The molecule has 0 aliphatic heterocycles. The van der Waals surface area contributed by atoms with Crippen molar-refractivity contribution in [2.45, 2.75) is 18.2 Å². The molecule has 4 nitrogen and oxygen atoms in total. The molecule has 0 bridgehead atoms. The van der Waals surface area contributed by atoms with Crippen molar-refractivity contribution in [1.82, 2.24) is 10.2 Å². The third kappa shape index (κ3) is 3.35. The summed E-state index contributed by atoms with van der Waals surface area (Å²) in [7, 11) is -3.20. The number of rotatable bonds is 4. The van der Waals surface area contributed by atoms with Gasteiger partial charge in [-0.05, 0) is 47.4 Å². The summed E-state index contributed by atoms with van der Waals surface area (Å²) in [5.41, 5.74) is 4.10. The van der Waals surface area contributed by atoms with Gasteiger partial charge in [0, 0.05) is 11.6 Å². The summed E-state index contributed by atoms with van der Waals surface area (Å²) in [4.78, 5) is 0.347. The Bertz CT molecular complexity index is 985. The summed E-state index contributed by atoms with van der Waals surface area (Å²) in [6, 6.07) is 13.2. The Morgan fingerprint density at radius 2 is 2.04 bits per heavy atom. The van der Waals surface area contributed by atoms with Gasteiger partial charge in [-0.25, -0.2) is 8.42 Å². The number of nitrogens with zero attached hydrogens (tertiary/aromatic N) is 1. The minimum Gasteiger partial charge on any atom is -0.278 e. The molecule has 0 atom stereocenters. The Labute approximate surface area is 135 Å². The SMILES string of the molecule is CC/C(=C\c1ccc2[nH]ncc2c1)c1cccc(S(C)(=O)=O)c1. The second kappa shape index (κ2) is 6.01. The third-order valence-corrected chi connectivity index (χ3v) is 4.93. The van der Waals surface area contributed by atoms with Crippen molar-refractivity contribution in [1.29, 1.82) is 0 Å². The number of nitrogens with one attached hydrogen (secondary N) is 1. The molecule has 2 aromatic carbocycles. The van der Waals surface area contributed by atoms with Crippen LogP contribution in [-0.4, -0.2) is 24.9 Å². The molecule has 5 heteroatoms. The maximum absolute atomic E-state index is 11.7. The highest BCUT2D eigenvalue weighted by molar-refractivity contribution is 7.90. The van der Waals surface area contributed by atoms with E-state index in [-0.39, 0.29) is 0 Å². The average Bonchev–Trinajstić information content (AvgIpc) is 2.99. The number of H-pyrrole nitrogens is 1. The third-order valence-electron chi connectivity index (χ3n) is 3.82. The van der Waals surface area contributed by atoms with Gasteiger partial charge in [0.1, 0.15) is 0 Å². The minimum absolute atomic E-state index is 0.347. The van der Waals surface area contributed by atoms with Crippen molar-refractivity contribution in [3.05, 3.63) is 59.8 Å². The second-order valence-corrected chi connectivity index (χ2v) is 7.56. The van der Waals surface area contributed by atoms with Gasteiger partial charge in [0.15, 0.2) is 9.84 Å². The van der Waals surface area contributed by atoms with E-state index in [2.05, 4.69) is 29.3 Å². The summed E-state index contributed by atoms with van der Waals surface area (Å²) in [5.74, 6) is 0. The highest BCUT2D eigenvalue weighted by Gasteiger charge is 2.09. The fourth-order valence-corrected chi connectivity index (χ4v) is 3.23. The first-order valence-electron chi connectivity index (χ1n) is 7.41. The molecule has 0 radical (unpaired) electrons. The lowest BCUT2D eigenvalue weighted by Gasteiger charge is -2.08. The number of fused-ring (bicyclic) bond motifs is 1. The van der Waals surface area contributed by atoms with Crippen LogP contribution in [0.1, 0.15) is 24.5 Å². The molecule has 0 amide bonds. The Hall–Kier alpha value is -2.40. The van der Waals surface area contributed by atoms with Gasteiger partial charge >= 0.3 is 0 Å². The molecule has 0 fully saturated rings. The molecule has 23 heavy (non-hydrogen) atoms. The minimum atomic E-state index is -3.20. The van der Waals surface area contributed by atoms with Crippen molar-refractivity contribution in [2.24, 2.45) is 0 Å². The molecule has 0 unspecified atom stereocenters. The molecule has 1 heterocycles. The Morgan fingerprint density at radius 1 is 1.22 bits per heavy atom. The van der Waals surface area contributed by atoms with E-state index < -0.39 is 9.84 Å². The van der Waals surface area contributed by atoms with E-state index in [1.165, 1.54) is 6.26 Å². The van der Waals surface area contributed by atoms with Crippen LogP contribution >= 0.6 is 0 Å². The maximum atomic E-state index is 11.7. The van der Waals surface area contributed by atoms with Gasteiger partial charge in [-0.15, -0.1) is 0 Å². The number of hydrogen-bond donors (Lipinski definition) is 1. The van der Waals surface area contributed by atoms with E-state index in [9.17, 15) is 8.42 Å². The van der Waals surface area contributed by atoms with Crippen molar-refractivity contribution in [3.8, 4) is 0 Å². The Balaban J connectivity index is 2.04. The highest BCUT2D eigenvalue weighted by atomic mass is 32.2. The van der Waals surface area contributed by atoms with E-state index in [1.807, 2.05) is 18.2 Å². The molecule has 0 saturated heterocycles. The van der Waals surface area contributed by atoms with Gasteiger partial charge in [-0.3, -0.25) is 5.10 Å². The molecule has 0 saturated carbocycles. The zero-order chi connectivity index (χ0) is 16.4. The van der Waals surface area contributed by atoms with Gasteiger partial charge < -0.3 is 0 Å². The number of hydrogen-bond acceptors (Lipinski definition) is 3. The molecule has 0 aliphatic rings. The van der Waals surface area contributed by atoms with Crippen molar-refractivity contribution in [3.63, 3.8) is 0 Å². The molecule has 3 aromatic rings. The standard InChI is InChI=1S/C18H18N2O2S/c1-3-14(15-5-4-6-17(11-15)23(2,21)22)9-13-7-8-18-16(10-13)12-19-20-18/h4-12H,3H2,1-2H3,(H,19,20)/b14-9+. The zero-order valence-electron chi connectivity index (χ0n) is 13.1. The number of benzene rings is 2. The zero-order valence-corrected chi connectivity index (χ0v) is 13.9. The van der Waals surface area contributed by atoms with E-state index in [4.69, 9.17) is 0 Å². The van der Waals surface area contributed by atoms with Gasteiger partial charge in [0.25, 0.3) is 0 Å². The number of aromatic nitrogens is 2. The van der Waals surface area contributed by atoms with Crippen LogP contribution in [0.5, 0.6) is 0 Å². The van der Waals surface area contributed by atoms with Crippen molar-refractivity contribution < 1.29 is 8.42 Å². The lowest BCUT2D eigenvalue weighted by molar-refractivity contribution is 0.602. The normalized spacial score (nSPS) is 12.7. The van der Waals surface area contributed by atoms with E-state index in [0.29, 0.717) is 4.90 Å². The van der Waals surface area contributed by atoms with Crippen molar-refractivity contribution >= 4 is 32.4 Å². The van der Waals surface area contributed by atoms with Crippen LogP contribution in [0, 0.1) is 0 Å². The van der Waals surface area contributed by atoms with E-state index >= 15 is 0 Å². The summed E-state index contributed by atoms with van der Waals surface area (Å²) in [6.07, 6.45) is 5.93. The fraction of sp³-hybridized carbons (Fsp3) is 0.167. The Morgan fingerprint density at radius 3 is 2.78 bits per heavy atom. The molecule has 1 N–H and O–H groups in total. The molecular weight excluding hydrogens is 308 g/mol. The van der Waals surface area contributed by atoms with Crippen LogP contribution in [0.3, 0.4) is 0 Å². The molecule has 3 rings (SSSR count). The number of aromatic amines is 1. The molecule has 118 valence electrons. The first-order valence-corrected chi connectivity index (χ1v) is 9.31. The van der Waals surface area contributed by atoms with Crippen LogP contribution in [-0.2, 0) is 9.84 Å². The molecule has 0 aliphatic carbocycles. The van der Waals surface area contributed by atoms with Gasteiger partial charge in [0.2, 0.25) is 0 Å². The predicted molar refractivity (Wildman–Crippen MR) is 93.8 cm³/mol. The van der Waals surface area contributed by atoms with Crippen molar-refractivity contribution in [2.75, 3.05) is 6.26 Å². The lowest BCUT2D eigenvalue weighted by atomic mass is 10.0. The Kier molecular flexibility index (Phi) is 4.05. The van der Waals surface area contributed by atoms with Crippen LogP contribution in [0.4, 0.5) is 0 Å². The summed E-state index contributed by atoms with van der Waals surface area (Å²) < 4.78 is 23.5. The fourth-order valence-electron chi connectivity index (χ4n) is 2.57. The van der Waals surface area contributed by atoms with Crippen LogP contribution < -0.4 is 0 Å². The summed E-state index contributed by atoms with van der Waals surface area (Å²) in [6.45, 7) is 2.06. The second-order valence-electron chi connectivity index (χ2n) is 5.54. The molecular formula is C18H18N2O2S. The van der Waals surface area contributed by atoms with Crippen LogP contribution in [0.15, 0.2) is 53.6 Å². The quantitative estimate of drug-likeness (QED) is 0.739. The number of allylic oxidation sites excluding steroid dienone is 1. The smallest absolute Gasteiger partial charge is 0.175 e. The highest BCUT2D eigenvalue weighted by Crippen LogP contribution is 2.25. The molecule has 0 spiro atoms. The topological polar surface area (TPSA) is 62.8 Å². The summed E-state index contributed by atoms with van der Waals surface area (Å²) >= 11 is 0. The molecule has 1 aromatic heterocycles. The maximum Gasteiger partial charge on any atom is 0.175 e. The van der Waals surface area contributed by atoms with Crippen LogP contribution in [0.2, 0.25) is 0 Å². The van der Waals surface area contributed by atoms with Gasteiger partial charge in [-0.2, -0.15) is 5.10 Å². The monoisotopic (exact) mass is 326 g/mol. The first-order chi connectivity index (χ1) is 11.0. The predicted octanol–water partition coefficient (Wildman–Crippen LogP) is 3.92. The first kappa shape index (κ1) is 15.5. The lowest BCUT2D eigenvalue weighted by Crippen LogP contribution is -1.97. The largest absolute Gasteiger partial charge is 0.278 e. The van der Waals surface area contributed by atoms with E-state index in [1.54, 1.807) is 24.4 Å². The van der Waals surface area contributed by atoms with Gasteiger partial charge in [-0.1, -0.05) is 31.2 Å². The average molecular weight is 326 g/mol.